The molecule has 132 valence electrons. The first-order chi connectivity index (χ1) is 12.9. The van der Waals surface area contributed by atoms with Gasteiger partial charge in [0.05, 0.1) is 6.16 Å². The summed E-state index contributed by atoms with van der Waals surface area (Å²) in [5.41, 5.74) is 0. The minimum Gasteiger partial charge on any atom is -0.396 e. The van der Waals surface area contributed by atoms with Crippen LogP contribution < -0.4 is 15.9 Å². The molecular formula is C24H26OP+. The van der Waals surface area contributed by atoms with Crippen LogP contribution in [0.25, 0.3) is 0 Å². The van der Waals surface area contributed by atoms with E-state index in [9.17, 15) is 0 Å². The molecule has 0 aliphatic heterocycles. The molecule has 0 amide bonds. The molecule has 0 atom stereocenters. The molecule has 0 saturated heterocycles. The molecule has 0 aromatic heterocycles. The van der Waals surface area contributed by atoms with Crippen LogP contribution in [-0.2, 0) is 0 Å². The second-order valence-corrected chi connectivity index (χ2v) is 9.93. The molecule has 0 saturated carbocycles. The van der Waals surface area contributed by atoms with Gasteiger partial charge in [-0.1, -0.05) is 66.7 Å². The summed E-state index contributed by atoms with van der Waals surface area (Å²) in [5, 5.41) is 13.3. The van der Waals surface area contributed by atoms with Crippen LogP contribution in [0, 0.1) is 0 Å². The normalized spacial score (nSPS) is 11.7. The zero-order valence-electron chi connectivity index (χ0n) is 15.0. The molecule has 0 unspecified atom stereocenters. The van der Waals surface area contributed by atoms with E-state index < -0.39 is 7.26 Å². The first-order valence-electron chi connectivity index (χ1n) is 9.19. The van der Waals surface area contributed by atoms with E-state index in [0.717, 1.165) is 19.0 Å². The lowest BCUT2D eigenvalue weighted by Crippen LogP contribution is -2.33. The Labute approximate surface area is 157 Å². The minimum atomic E-state index is -1.72. The van der Waals surface area contributed by atoms with Crippen molar-refractivity contribution < 1.29 is 5.11 Å². The number of benzene rings is 3. The Hall–Kier alpha value is -2.21. The summed E-state index contributed by atoms with van der Waals surface area (Å²) in [6.45, 7) is 0.215. The van der Waals surface area contributed by atoms with Crippen molar-refractivity contribution in [2.75, 3.05) is 12.8 Å². The summed E-state index contributed by atoms with van der Waals surface area (Å²) in [7, 11) is -1.72. The first kappa shape index (κ1) is 18.6. The summed E-state index contributed by atoms with van der Waals surface area (Å²) in [5.74, 6) is 0. The number of aliphatic hydroxyl groups is 1. The molecule has 0 heterocycles. The molecule has 26 heavy (non-hydrogen) atoms. The van der Waals surface area contributed by atoms with Gasteiger partial charge in [0.15, 0.2) is 0 Å². The van der Waals surface area contributed by atoms with Crippen molar-refractivity contribution >= 4 is 23.2 Å². The van der Waals surface area contributed by atoms with E-state index in [4.69, 9.17) is 5.11 Å². The SMILES string of the molecule is OCC/C=C\CC[P+](c1ccccc1)(c1ccccc1)c1ccccc1. The van der Waals surface area contributed by atoms with E-state index in [0.29, 0.717) is 0 Å². The van der Waals surface area contributed by atoms with Crippen LogP contribution in [0.4, 0.5) is 0 Å². The van der Waals surface area contributed by atoms with Crippen LogP contribution >= 0.6 is 7.26 Å². The molecule has 1 nitrogen and oxygen atoms in total. The van der Waals surface area contributed by atoms with E-state index in [-0.39, 0.29) is 6.61 Å². The number of rotatable bonds is 8. The molecule has 3 rings (SSSR count). The maximum Gasteiger partial charge on any atom is 0.112 e. The summed E-state index contributed by atoms with van der Waals surface area (Å²) in [4.78, 5) is 0. The van der Waals surface area contributed by atoms with E-state index in [2.05, 4.69) is 103 Å². The number of aliphatic hydroxyl groups excluding tert-OH is 1. The second-order valence-electron chi connectivity index (χ2n) is 6.31. The number of hydrogen-bond acceptors (Lipinski definition) is 1. The Morgan fingerprint density at radius 1 is 0.577 bits per heavy atom. The molecule has 3 aromatic rings. The van der Waals surface area contributed by atoms with Gasteiger partial charge < -0.3 is 5.11 Å². The predicted molar refractivity (Wildman–Crippen MR) is 115 cm³/mol. The monoisotopic (exact) mass is 361 g/mol. The summed E-state index contributed by atoms with van der Waals surface area (Å²) in [6, 6.07) is 32.9. The minimum absolute atomic E-state index is 0.215. The van der Waals surface area contributed by atoms with Gasteiger partial charge in [-0.3, -0.25) is 0 Å². The fourth-order valence-corrected chi connectivity index (χ4v) is 7.71. The number of allylic oxidation sites excluding steroid dienone is 1. The van der Waals surface area contributed by atoms with Crippen molar-refractivity contribution in [1.82, 2.24) is 0 Å². The smallest absolute Gasteiger partial charge is 0.112 e. The van der Waals surface area contributed by atoms with Crippen molar-refractivity contribution in [3.63, 3.8) is 0 Å². The van der Waals surface area contributed by atoms with Crippen molar-refractivity contribution in [2.45, 2.75) is 12.8 Å². The zero-order valence-corrected chi connectivity index (χ0v) is 15.9. The van der Waals surface area contributed by atoms with Gasteiger partial charge in [0.2, 0.25) is 0 Å². The third-order valence-corrected chi connectivity index (χ3v) is 9.15. The molecule has 0 spiro atoms. The van der Waals surface area contributed by atoms with E-state index in [1.807, 2.05) is 0 Å². The molecule has 0 radical (unpaired) electrons. The first-order valence-corrected chi connectivity index (χ1v) is 11.2. The van der Waals surface area contributed by atoms with Gasteiger partial charge in [0.1, 0.15) is 23.2 Å². The largest absolute Gasteiger partial charge is 0.396 e. The third-order valence-electron chi connectivity index (χ3n) is 4.68. The summed E-state index contributed by atoms with van der Waals surface area (Å²) in [6.07, 6.45) is 7.14. The zero-order chi connectivity index (χ0) is 18.1. The highest BCUT2D eigenvalue weighted by Gasteiger charge is 2.44. The Morgan fingerprint density at radius 3 is 1.35 bits per heavy atom. The van der Waals surface area contributed by atoms with E-state index in [1.54, 1.807) is 0 Å². The fourth-order valence-electron chi connectivity index (χ4n) is 3.46. The average molecular weight is 361 g/mol. The Kier molecular flexibility index (Phi) is 6.77. The highest BCUT2D eigenvalue weighted by molar-refractivity contribution is 7.95. The average Bonchev–Trinajstić information content (AvgIpc) is 2.73. The van der Waals surface area contributed by atoms with Crippen molar-refractivity contribution in [3.05, 3.63) is 103 Å². The molecule has 1 N–H and O–H groups in total. The summed E-state index contributed by atoms with van der Waals surface area (Å²) < 4.78 is 0. The highest BCUT2D eigenvalue weighted by atomic mass is 31.2. The van der Waals surface area contributed by atoms with Crippen LogP contribution in [-0.4, -0.2) is 17.9 Å². The molecule has 0 aliphatic rings. The second kappa shape index (κ2) is 9.48. The van der Waals surface area contributed by atoms with Gasteiger partial charge in [-0.05, 0) is 42.8 Å². The van der Waals surface area contributed by atoms with Crippen LogP contribution in [0.5, 0.6) is 0 Å². The van der Waals surface area contributed by atoms with Gasteiger partial charge in [0.25, 0.3) is 0 Å². The fraction of sp³-hybridized carbons (Fsp3) is 0.167. The lowest BCUT2D eigenvalue weighted by molar-refractivity contribution is 0.302. The molecule has 0 aliphatic carbocycles. The lowest BCUT2D eigenvalue weighted by atomic mass is 10.3. The third kappa shape index (κ3) is 4.12. The molecule has 0 fully saturated rings. The lowest BCUT2D eigenvalue weighted by Gasteiger charge is -2.27. The summed E-state index contributed by atoms with van der Waals surface area (Å²) >= 11 is 0. The van der Waals surface area contributed by atoms with Gasteiger partial charge >= 0.3 is 0 Å². The van der Waals surface area contributed by atoms with Crippen molar-refractivity contribution in [3.8, 4) is 0 Å². The van der Waals surface area contributed by atoms with Crippen molar-refractivity contribution in [1.29, 1.82) is 0 Å². The highest BCUT2D eigenvalue weighted by Crippen LogP contribution is 2.55. The quantitative estimate of drug-likeness (QED) is 0.468. The van der Waals surface area contributed by atoms with E-state index >= 15 is 0 Å². The van der Waals surface area contributed by atoms with Crippen LogP contribution in [0.2, 0.25) is 0 Å². The standard InChI is InChI=1S/C24H26OP/c25-20-12-1-2-13-21-26(22-14-6-3-7-15-22,23-16-8-4-9-17-23)24-18-10-5-11-19-24/h1-11,14-19,25H,12-13,20-21H2/q+1/b2-1-. The molecule has 0 bridgehead atoms. The predicted octanol–water partition coefficient (Wildman–Crippen LogP) is 4.31. The van der Waals surface area contributed by atoms with Crippen LogP contribution in [0.15, 0.2) is 103 Å². The Morgan fingerprint density at radius 2 is 0.962 bits per heavy atom. The topological polar surface area (TPSA) is 20.2 Å². The molecule has 3 aromatic carbocycles. The Balaban J connectivity index is 2.11. The molecular weight excluding hydrogens is 335 g/mol. The number of hydrogen-bond donors (Lipinski definition) is 1. The van der Waals surface area contributed by atoms with Crippen LogP contribution in [0.3, 0.4) is 0 Å². The van der Waals surface area contributed by atoms with Gasteiger partial charge in [-0.15, -0.1) is 0 Å². The van der Waals surface area contributed by atoms with Gasteiger partial charge in [-0.25, -0.2) is 0 Å². The van der Waals surface area contributed by atoms with E-state index in [1.165, 1.54) is 15.9 Å². The maximum atomic E-state index is 9.02. The molecule has 2 heteroatoms. The van der Waals surface area contributed by atoms with Gasteiger partial charge in [0, 0.05) is 13.0 Å². The van der Waals surface area contributed by atoms with Crippen LogP contribution in [0.1, 0.15) is 12.8 Å². The van der Waals surface area contributed by atoms with Crippen molar-refractivity contribution in [2.24, 2.45) is 0 Å². The Bertz CT molecular complexity index is 701. The maximum absolute atomic E-state index is 9.02. The van der Waals surface area contributed by atoms with Gasteiger partial charge in [-0.2, -0.15) is 0 Å².